The molecule has 1 heterocycles. The third kappa shape index (κ3) is 4.30. The summed E-state index contributed by atoms with van der Waals surface area (Å²) >= 11 is 1.65. The molecule has 29 heavy (non-hydrogen) atoms. The Morgan fingerprint density at radius 3 is 2.62 bits per heavy atom. The number of carbonyl (C=O) groups is 1. The van der Waals surface area contributed by atoms with Gasteiger partial charge in [-0.2, -0.15) is 0 Å². The van der Waals surface area contributed by atoms with Crippen molar-refractivity contribution in [3.8, 4) is 16.3 Å². The van der Waals surface area contributed by atoms with Crippen LogP contribution in [0.2, 0.25) is 0 Å². The summed E-state index contributed by atoms with van der Waals surface area (Å²) in [4.78, 5) is 17.2. The van der Waals surface area contributed by atoms with E-state index in [4.69, 9.17) is 9.72 Å². The molecular weight excluding hydrogens is 380 g/mol. The maximum atomic E-state index is 12.5. The van der Waals surface area contributed by atoms with E-state index in [2.05, 4.69) is 11.4 Å². The van der Waals surface area contributed by atoms with Gasteiger partial charge in [-0.3, -0.25) is 4.79 Å². The first-order chi connectivity index (χ1) is 14.0. The summed E-state index contributed by atoms with van der Waals surface area (Å²) in [5, 5.41) is 3.91. The highest BCUT2D eigenvalue weighted by Crippen LogP contribution is 2.32. The van der Waals surface area contributed by atoms with Gasteiger partial charge in [-0.05, 0) is 56.2 Å². The summed E-state index contributed by atoms with van der Waals surface area (Å²) in [7, 11) is 0. The number of aryl methyl sites for hydroxylation is 3. The van der Waals surface area contributed by atoms with Gasteiger partial charge in [0, 0.05) is 11.3 Å². The van der Waals surface area contributed by atoms with E-state index in [9.17, 15) is 4.79 Å². The summed E-state index contributed by atoms with van der Waals surface area (Å²) < 4.78 is 6.85. The Labute approximate surface area is 174 Å². The molecule has 146 valence electrons. The number of hydrogen-bond donors (Lipinski definition) is 1. The van der Waals surface area contributed by atoms with Crippen LogP contribution >= 0.6 is 11.3 Å². The number of carbonyl (C=O) groups excluding carboxylic acids is 1. The normalized spacial score (nSPS) is 10.9. The molecule has 0 atom stereocenters. The number of amides is 1. The number of anilines is 1. The predicted octanol–water partition coefficient (Wildman–Crippen LogP) is 5.91. The molecule has 0 unspecified atom stereocenters. The highest BCUT2D eigenvalue weighted by molar-refractivity contribution is 7.21. The highest BCUT2D eigenvalue weighted by Gasteiger charge is 2.11. The van der Waals surface area contributed by atoms with E-state index < -0.39 is 0 Å². The molecule has 0 spiro atoms. The Kier molecular flexibility index (Phi) is 5.32. The molecule has 4 aromatic rings. The van der Waals surface area contributed by atoms with Gasteiger partial charge < -0.3 is 10.1 Å². The zero-order valence-electron chi connectivity index (χ0n) is 16.7. The van der Waals surface area contributed by atoms with Gasteiger partial charge in [0.2, 0.25) is 0 Å². The van der Waals surface area contributed by atoms with Crippen LogP contribution in [0.15, 0.2) is 60.7 Å². The molecule has 1 aromatic heterocycles. The molecule has 5 heteroatoms. The fourth-order valence-corrected chi connectivity index (χ4v) is 4.14. The van der Waals surface area contributed by atoms with E-state index in [1.165, 1.54) is 5.56 Å². The molecule has 0 saturated heterocycles. The summed E-state index contributed by atoms with van der Waals surface area (Å²) in [5.41, 5.74) is 5.93. The van der Waals surface area contributed by atoms with E-state index in [0.717, 1.165) is 43.4 Å². The van der Waals surface area contributed by atoms with Gasteiger partial charge in [0.1, 0.15) is 10.8 Å². The van der Waals surface area contributed by atoms with Crippen molar-refractivity contribution in [3.63, 3.8) is 0 Å². The van der Waals surface area contributed by atoms with Crippen molar-refractivity contribution in [3.05, 3.63) is 77.4 Å². The average Bonchev–Trinajstić information content (AvgIpc) is 3.13. The number of aromatic nitrogens is 1. The minimum atomic E-state index is -0.186. The molecule has 3 aromatic carbocycles. The molecule has 0 radical (unpaired) electrons. The minimum absolute atomic E-state index is 0.0330. The van der Waals surface area contributed by atoms with Gasteiger partial charge in [0.25, 0.3) is 5.91 Å². The summed E-state index contributed by atoms with van der Waals surface area (Å²) in [6.45, 7) is 5.95. The van der Waals surface area contributed by atoms with Crippen molar-refractivity contribution in [1.82, 2.24) is 4.98 Å². The van der Waals surface area contributed by atoms with Crippen molar-refractivity contribution in [2.75, 3.05) is 11.9 Å². The maximum absolute atomic E-state index is 12.5. The van der Waals surface area contributed by atoms with Crippen LogP contribution in [0.4, 0.5) is 5.69 Å². The number of ether oxygens (including phenoxy) is 1. The highest BCUT2D eigenvalue weighted by atomic mass is 32.1. The summed E-state index contributed by atoms with van der Waals surface area (Å²) in [6.07, 6.45) is 0. The first-order valence-corrected chi connectivity index (χ1v) is 10.3. The van der Waals surface area contributed by atoms with Crippen LogP contribution in [0.3, 0.4) is 0 Å². The van der Waals surface area contributed by atoms with Crippen LogP contribution in [0.5, 0.6) is 5.75 Å². The van der Waals surface area contributed by atoms with Gasteiger partial charge in [-0.1, -0.05) is 42.0 Å². The number of hydrogen-bond acceptors (Lipinski definition) is 4. The molecule has 4 nitrogen and oxygen atoms in total. The summed E-state index contributed by atoms with van der Waals surface area (Å²) in [6, 6.07) is 20.0. The molecule has 0 bridgehead atoms. The zero-order valence-corrected chi connectivity index (χ0v) is 17.5. The van der Waals surface area contributed by atoms with Crippen LogP contribution in [0.25, 0.3) is 20.8 Å². The second-order valence-electron chi connectivity index (χ2n) is 7.12. The Hall–Kier alpha value is -3.18. The quantitative estimate of drug-likeness (QED) is 0.452. The second kappa shape index (κ2) is 8.05. The molecule has 0 aliphatic carbocycles. The van der Waals surface area contributed by atoms with E-state index in [1.54, 1.807) is 11.3 Å². The SMILES string of the molecule is Cc1ccc(OCC(=O)Nc2cc(-c3nc4ccccc4s3)ccc2C)c(C)c1. The van der Waals surface area contributed by atoms with Gasteiger partial charge in [-0.15, -0.1) is 11.3 Å². The number of benzene rings is 3. The third-order valence-corrected chi connectivity index (χ3v) is 5.83. The molecule has 1 amide bonds. The first kappa shape index (κ1) is 19.2. The standard InChI is InChI=1S/C24H22N2O2S/c1-15-8-11-21(17(3)12-15)28-14-23(27)25-20-13-18(10-9-16(20)2)24-26-19-6-4-5-7-22(19)29-24/h4-13H,14H2,1-3H3,(H,25,27). The van der Waals surface area contributed by atoms with Gasteiger partial charge in [-0.25, -0.2) is 4.98 Å². The topological polar surface area (TPSA) is 51.2 Å². The summed E-state index contributed by atoms with van der Waals surface area (Å²) in [5.74, 6) is 0.542. The lowest BCUT2D eigenvalue weighted by Crippen LogP contribution is -2.21. The molecule has 0 aliphatic rings. The molecule has 1 N–H and O–H groups in total. The van der Waals surface area contributed by atoms with Gasteiger partial charge in [0.15, 0.2) is 6.61 Å². The van der Waals surface area contributed by atoms with Crippen molar-refractivity contribution in [1.29, 1.82) is 0 Å². The van der Waals surface area contributed by atoms with Gasteiger partial charge in [0.05, 0.1) is 10.2 Å². The van der Waals surface area contributed by atoms with Crippen molar-refractivity contribution >= 4 is 33.1 Å². The van der Waals surface area contributed by atoms with Crippen LogP contribution in [0.1, 0.15) is 16.7 Å². The zero-order chi connectivity index (χ0) is 20.4. The number of rotatable bonds is 5. The molecule has 0 saturated carbocycles. The number of fused-ring (bicyclic) bond motifs is 1. The van der Waals surface area contributed by atoms with E-state index in [0.29, 0.717) is 0 Å². The Bertz CT molecular complexity index is 1160. The van der Waals surface area contributed by atoms with E-state index in [-0.39, 0.29) is 12.5 Å². The predicted molar refractivity (Wildman–Crippen MR) is 120 cm³/mol. The first-order valence-electron chi connectivity index (χ1n) is 9.46. The van der Waals surface area contributed by atoms with Crippen LogP contribution in [-0.4, -0.2) is 17.5 Å². The molecule has 4 rings (SSSR count). The average molecular weight is 403 g/mol. The van der Waals surface area contributed by atoms with Crippen LogP contribution in [-0.2, 0) is 4.79 Å². The van der Waals surface area contributed by atoms with Crippen molar-refractivity contribution < 1.29 is 9.53 Å². The molecule has 0 aliphatic heterocycles. The van der Waals surface area contributed by atoms with Crippen molar-refractivity contribution in [2.24, 2.45) is 0 Å². The second-order valence-corrected chi connectivity index (χ2v) is 8.15. The van der Waals surface area contributed by atoms with Gasteiger partial charge >= 0.3 is 0 Å². The Morgan fingerprint density at radius 1 is 1.00 bits per heavy atom. The lowest BCUT2D eigenvalue weighted by molar-refractivity contribution is -0.118. The Morgan fingerprint density at radius 2 is 1.83 bits per heavy atom. The van der Waals surface area contributed by atoms with Crippen molar-refractivity contribution in [2.45, 2.75) is 20.8 Å². The minimum Gasteiger partial charge on any atom is -0.483 e. The fraction of sp³-hybridized carbons (Fsp3) is 0.167. The monoisotopic (exact) mass is 402 g/mol. The number of nitrogens with one attached hydrogen (secondary N) is 1. The fourth-order valence-electron chi connectivity index (χ4n) is 3.18. The van der Waals surface area contributed by atoms with Crippen LogP contribution < -0.4 is 10.1 Å². The molecule has 0 fully saturated rings. The van der Waals surface area contributed by atoms with E-state index in [1.807, 2.05) is 75.4 Å². The lowest BCUT2D eigenvalue weighted by Gasteiger charge is -2.12. The number of nitrogens with zero attached hydrogens (tertiary/aromatic N) is 1. The lowest BCUT2D eigenvalue weighted by atomic mass is 10.1. The largest absolute Gasteiger partial charge is 0.483 e. The number of thiazole rings is 1. The Balaban J connectivity index is 1.49. The number of para-hydroxylation sites is 1. The smallest absolute Gasteiger partial charge is 0.262 e. The van der Waals surface area contributed by atoms with Crippen LogP contribution in [0, 0.1) is 20.8 Å². The molecular formula is C24H22N2O2S. The third-order valence-electron chi connectivity index (χ3n) is 4.74. The van der Waals surface area contributed by atoms with E-state index >= 15 is 0 Å². The maximum Gasteiger partial charge on any atom is 0.262 e.